The van der Waals surface area contributed by atoms with Crippen LogP contribution in [-0.4, -0.2) is 35.7 Å². The Morgan fingerprint density at radius 1 is 1.20 bits per heavy atom. The number of rotatable bonds is 8. The molecule has 3 rings (SSSR count). The van der Waals surface area contributed by atoms with Crippen LogP contribution in [0.3, 0.4) is 0 Å². The van der Waals surface area contributed by atoms with E-state index >= 15 is 0 Å². The number of nitrogens with zero attached hydrogens (tertiary/aromatic N) is 2. The minimum absolute atomic E-state index is 0.0499. The summed E-state index contributed by atoms with van der Waals surface area (Å²) in [6.45, 7) is 2.25. The van der Waals surface area contributed by atoms with E-state index in [2.05, 4.69) is 4.98 Å². The van der Waals surface area contributed by atoms with Crippen molar-refractivity contribution in [1.82, 2.24) is 9.55 Å². The zero-order valence-electron chi connectivity index (χ0n) is 16.9. The third-order valence-electron chi connectivity index (χ3n) is 4.65. The summed E-state index contributed by atoms with van der Waals surface area (Å²) in [6, 6.07) is 12.4. The molecule has 2 heterocycles. The van der Waals surface area contributed by atoms with E-state index in [9.17, 15) is 14.4 Å². The molecule has 9 heteroatoms. The standard InChI is InChI=1S/C21H24N4O5/c1-3-15-9-10-16(30-15)20(27)24(11-12-29-2)17-18(22)25(21(28)23-19(17)26)13-14-7-5-4-6-8-14/h4-10H,3,11-13,22H2,1-2H3,(H,23,26,28). The number of ether oxygens (including phenoxy) is 1. The van der Waals surface area contributed by atoms with Gasteiger partial charge in [0, 0.05) is 13.5 Å². The smallest absolute Gasteiger partial charge is 0.330 e. The number of nitrogens with one attached hydrogen (secondary N) is 1. The maximum Gasteiger partial charge on any atom is 0.330 e. The van der Waals surface area contributed by atoms with Gasteiger partial charge in [0.05, 0.1) is 19.7 Å². The van der Waals surface area contributed by atoms with Crippen molar-refractivity contribution in [3.8, 4) is 0 Å². The van der Waals surface area contributed by atoms with Crippen LogP contribution in [0.25, 0.3) is 0 Å². The van der Waals surface area contributed by atoms with E-state index in [4.69, 9.17) is 14.9 Å². The summed E-state index contributed by atoms with van der Waals surface area (Å²) in [4.78, 5) is 41.6. The number of H-pyrrole nitrogens is 1. The summed E-state index contributed by atoms with van der Waals surface area (Å²) in [7, 11) is 1.48. The van der Waals surface area contributed by atoms with Gasteiger partial charge in [0.2, 0.25) is 0 Å². The number of hydrogen-bond acceptors (Lipinski definition) is 6. The summed E-state index contributed by atoms with van der Waals surface area (Å²) >= 11 is 0. The highest BCUT2D eigenvalue weighted by Crippen LogP contribution is 2.21. The van der Waals surface area contributed by atoms with E-state index in [0.29, 0.717) is 12.2 Å². The first-order valence-electron chi connectivity index (χ1n) is 9.52. The number of aryl methyl sites for hydroxylation is 1. The SMILES string of the molecule is CCc1ccc(C(=O)N(CCOC)c2c(N)n(Cc3ccccc3)c(=O)[nH]c2=O)o1. The highest BCUT2D eigenvalue weighted by Gasteiger charge is 2.27. The second kappa shape index (κ2) is 9.27. The van der Waals surface area contributed by atoms with E-state index in [1.165, 1.54) is 16.6 Å². The average Bonchev–Trinajstić information content (AvgIpc) is 3.23. The molecule has 0 bridgehead atoms. The van der Waals surface area contributed by atoms with E-state index in [1.54, 1.807) is 12.1 Å². The Kier molecular flexibility index (Phi) is 6.53. The quantitative estimate of drug-likeness (QED) is 0.579. The fourth-order valence-corrected chi connectivity index (χ4v) is 3.07. The molecule has 1 aromatic carbocycles. The fourth-order valence-electron chi connectivity index (χ4n) is 3.07. The van der Waals surface area contributed by atoms with Gasteiger partial charge in [0.25, 0.3) is 11.5 Å². The van der Waals surface area contributed by atoms with E-state index in [0.717, 1.165) is 5.56 Å². The van der Waals surface area contributed by atoms with Gasteiger partial charge in [0.15, 0.2) is 11.4 Å². The molecular weight excluding hydrogens is 388 g/mol. The molecule has 0 aliphatic rings. The number of hydrogen-bond donors (Lipinski definition) is 2. The molecule has 0 aliphatic carbocycles. The minimum atomic E-state index is -0.756. The first-order valence-corrected chi connectivity index (χ1v) is 9.52. The lowest BCUT2D eigenvalue weighted by atomic mass is 10.2. The third-order valence-corrected chi connectivity index (χ3v) is 4.65. The van der Waals surface area contributed by atoms with Crippen LogP contribution < -0.4 is 21.9 Å². The molecule has 3 N–H and O–H groups in total. The van der Waals surface area contributed by atoms with Crippen LogP contribution in [0.2, 0.25) is 0 Å². The van der Waals surface area contributed by atoms with Crippen molar-refractivity contribution in [1.29, 1.82) is 0 Å². The van der Waals surface area contributed by atoms with Crippen molar-refractivity contribution in [2.45, 2.75) is 19.9 Å². The molecule has 0 spiro atoms. The van der Waals surface area contributed by atoms with Crippen LogP contribution >= 0.6 is 0 Å². The number of aromatic nitrogens is 2. The molecule has 0 saturated carbocycles. The van der Waals surface area contributed by atoms with Gasteiger partial charge in [0.1, 0.15) is 11.6 Å². The van der Waals surface area contributed by atoms with Crippen molar-refractivity contribution in [2.75, 3.05) is 30.9 Å². The van der Waals surface area contributed by atoms with Crippen molar-refractivity contribution in [2.24, 2.45) is 0 Å². The third kappa shape index (κ3) is 4.36. The minimum Gasteiger partial charge on any atom is -0.456 e. The van der Waals surface area contributed by atoms with Gasteiger partial charge in [-0.2, -0.15) is 0 Å². The van der Waals surface area contributed by atoms with E-state index in [1.807, 2.05) is 37.3 Å². The monoisotopic (exact) mass is 412 g/mol. The lowest BCUT2D eigenvalue weighted by molar-refractivity contribution is 0.0947. The number of carbonyl (C=O) groups excluding carboxylic acids is 1. The highest BCUT2D eigenvalue weighted by atomic mass is 16.5. The average molecular weight is 412 g/mol. The molecule has 0 radical (unpaired) electrons. The number of amides is 1. The summed E-state index contributed by atoms with van der Waals surface area (Å²) in [5.74, 6) is 0.0525. The molecule has 2 aromatic heterocycles. The zero-order chi connectivity index (χ0) is 21.7. The van der Waals surface area contributed by atoms with Crippen LogP contribution in [0.1, 0.15) is 28.8 Å². The molecule has 30 heavy (non-hydrogen) atoms. The molecule has 0 saturated heterocycles. The lowest BCUT2D eigenvalue weighted by Crippen LogP contribution is -2.42. The van der Waals surface area contributed by atoms with Gasteiger partial charge in [-0.05, 0) is 17.7 Å². The van der Waals surface area contributed by atoms with Gasteiger partial charge in [-0.3, -0.25) is 24.0 Å². The maximum absolute atomic E-state index is 13.1. The molecule has 3 aromatic rings. The van der Waals surface area contributed by atoms with Crippen LogP contribution in [0, 0.1) is 0 Å². The Labute approximate surface area is 172 Å². The predicted octanol–water partition coefficient (Wildman–Crippen LogP) is 1.62. The molecule has 158 valence electrons. The number of benzene rings is 1. The predicted molar refractivity (Wildman–Crippen MR) is 113 cm³/mol. The molecule has 9 nitrogen and oxygen atoms in total. The molecule has 0 fully saturated rings. The number of nitrogen functional groups attached to an aromatic ring is 1. The second-order valence-electron chi connectivity index (χ2n) is 6.63. The highest BCUT2D eigenvalue weighted by molar-refractivity contribution is 6.05. The van der Waals surface area contributed by atoms with Gasteiger partial charge in [-0.25, -0.2) is 4.79 Å². The van der Waals surface area contributed by atoms with Gasteiger partial charge < -0.3 is 14.9 Å². The Morgan fingerprint density at radius 2 is 1.93 bits per heavy atom. The largest absolute Gasteiger partial charge is 0.456 e. The summed E-state index contributed by atoms with van der Waals surface area (Å²) in [5, 5.41) is 0. The lowest BCUT2D eigenvalue weighted by Gasteiger charge is -2.23. The molecule has 0 aliphatic heterocycles. The normalized spacial score (nSPS) is 10.9. The van der Waals surface area contributed by atoms with Crippen LogP contribution in [0.4, 0.5) is 11.5 Å². The summed E-state index contributed by atoms with van der Waals surface area (Å²) in [6.07, 6.45) is 0.621. The number of aromatic amines is 1. The van der Waals surface area contributed by atoms with Gasteiger partial charge >= 0.3 is 5.69 Å². The number of furan rings is 1. The number of methoxy groups -OCH3 is 1. The first kappa shape index (κ1) is 21.1. The Morgan fingerprint density at radius 3 is 2.57 bits per heavy atom. The molecule has 0 unspecified atom stereocenters. The fraction of sp³-hybridized carbons (Fsp3) is 0.286. The zero-order valence-corrected chi connectivity index (χ0v) is 16.9. The van der Waals surface area contributed by atoms with Crippen molar-refractivity contribution >= 4 is 17.4 Å². The Balaban J connectivity index is 2.08. The van der Waals surface area contributed by atoms with Gasteiger partial charge in [-0.15, -0.1) is 0 Å². The van der Waals surface area contributed by atoms with Crippen molar-refractivity contribution in [3.63, 3.8) is 0 Å². The second-order valence-corrected chi connectivity index (χ2v) is 6.63. The first-order chi connectivity index (χ1) is 14.5. The molecular formula is C21H24N4O5. The number of nitrogens with two attached hydrogens (primary N) is 1. The number of carbonyl (C=O) groups is 1. The van der Waals surface area contributed by atoms with Crippen molar-refractivity contribution < 1.29 is 13.9 Å². The maximum atomic E-state index is 13.1. The molecule has 0 atom stereocenters. The Bertz CT molecular complexity index is 1130. The summed E-state index contributed by atoms with van der Waals surface area (Å²) in [5.41, 5.74) is 5.51. The van der Waals surface area contributed by atoms with Gasteiger partial charge in [-0.1, -0.05) is 37.3 Å². The Hall–Kier alpha value is -3.59. The summed E-state index contributed by atoms with van der Waals surface area (Å²) < 4.78 is 11.9. The van der Waals surface area contributed by atoms with Crippen LogP contribution in [-0.2, 0) is 17.7 Å². The van der Waals surface area contributed by atoms with E-state index in [-0.39, 0.29) is 37.0 Å². The van der Waals surface area contributed by atoms with Crippen molar-refractivity contribution in [3.05, 3.63) is 80.4 Å². The molecule has 1 amide bonds. The van der Waals surface area contributed by atoms with E-state index < -0.39 is 17.2 Å². The van der Waals surface area contributed by atoms with Crippen LogP contribution in [0.15, 0.2) is 56.5 Å². The van der Waals surface area contributed by atoms with Crippen LogP contribution in [0.5, 0.6) is 0 Å². The topological polar surface area (TPSA) is 124 Å². The number of anilines is 2.